The van der Waals surface area contributed by atoms with Crippen LogP contribution in [0.3, 0.4) is 0 Å². The van der Waals surface area contributed by atoms with E-state index in [0.717, 1.165) is 27.0 Å². The largest absolute Gasteiger partial charge is 0.324 e. The molecule has 0 aliphatic heterocycles. The van der Waals surface area contributed by atoms with Gasteiger partial charge in [0.1, 0.15) is 0 Å². The van der Waals surface area contributed by atoms with Crippen LogP contribution in [0.15, 0.2) is 40.9 Å². The Morgan fingerprint density at radius 3 is 2.10 bits per heavy atom. The number of rotatable bonds is 3. The van der Waals surface area contributed by atoms with E-state index in [4.69, 9.17) is 5.84 Å². The molecule has 0 heterocycles. The molecule has 0 atom stereocenters. The number of nitrogens with two attached hydrogens (primary N) is 1. The van der Waals surface area contributed by atoms with Gasteiger partial charge in [-0.25, -0.2) is 0 Å². The minimum atomic E-state index is -0.144. The number of hydrazine groups is 1. The molecule has 0 saturated heterocycles. The van der Waals surface area contributed by atoms with Gasteiger partial charge >= 0.3 is 0 Å². The highest BCUT2D eigenvalue weighted by Crippen LogP contribution is 2.25. The maximum absolute atomic E-state index is 12.1. The highest BCUT2D eigenvalue weighted by molar-refractivity contribution is 9.10. The summed E-state index contributed by atoms with van der Waals surface area (Å²) in [5.74, 6) is 5.15. The summed E-state index contributed by atoms with van der Waals surface area (Å²) in [6, 6.07) is 10.8. The molecular weight excluding hydrogens is 318 g/mol. The SMILES string of the molecule is Cc1cc(NC(=O)c2ccc(NN)cc2)cc(C)c1Br. The van der Waals surface area contributed by atoms with Gasteiger partial charge in [0.05, 0.1) is 0 Å². The molecule has 0 saturated carbocycles. The lowest BCUT2D eigenvalue weighted by Crippen LogP contribution is -2.13. The summed E-state index contributed by atoms with van der Waals surface area (Å²) in [6.07, 6.45) is 0. The van der Waals surface area contributed by atoms with Crippen molar-refractivity contribution in [2.75, 3.05) is 10.7 Å². The van der Waals surface area contributed by atoms with Crippen LogP contribution in [0.25, 0.3) is 0 Å². The van der Waals surface area contributed by atoms with E-state index in [2.05, 4.69) is 26.7 Å². The van der Waals surface area contributed by atoms with Gasteiger partial charge in [-0.1, -0.05) is 15.9 Å². The third-order valence-electron chi connectivity index (χ3n) is 3.01. The van der Waals surface area contributed by atoms with Gasteiger partial charge in [-0.3, -0.25) is 10.6 Å². The minimum absolute atomic E-state index is 0.144. The summed E-state index contributed by atoms with van der Waals surface area (Å²) in [6.45, 7) is 3.99. The fraction of sp³-hybridized carbons (Fsp3) is 0.133. The van der Waals surface area contributed by atoms with Crippen LogP contribution in [0.2, 0.25) is 0 Å². The Bertz CT molecular complexity index is 615. The summed E-state index contributed by atoms with van der Waals surface area (Å²) in [4.78, 5) is 12.1. The zero-order valence-electron chi connectivity index (χ0n) is 11.3. The Labute approximate surface area is 126 Å². The van der Waals surface area contributed by atoms with E-state index in [1.165, 1.54) is 0 Å². The minimum Gasteiger partial charge on any atom is -0.324 e. The molecule has 5 heteroatoms. The highest BCUT2D eigenvalue weighted by atomic mass is 79.9. The van der Waals surface area contributed by atoms with Crippen molar-refractivity contribution in [1.82, 2.24) is 0 Å². The molecule has 4 nitrogen and oxygen atoms in total. The van der Waals surface area contributed by atoms with Gasteiger partial charge in [-0.2, -0.15) is 0 Å². The number of aryl methyl sites for hydroxylation is 2. The number of halogens is 1. The topological polar surface area (TPSA) is 67.2 Å². The first-order valence-electron chi connectivity index (χ1n) is 6.16. The number of benzene rings is 2. The monoisotopic (exact) mass is 333 g/mol. The third kappa shape index (κ3) is 3.18. The van der Waals surface area contributed by atoms with E-state index in [0.29, 0.717) is 5.56 Å². The normalized spacial score (nSPS) is 10.2. The predicted molar refractivity (Wildman–Crippen MR) is 85.8 cm³/mol. The number of hydrogen-bond donors (Lipinski definition) is 3. The number of nitrogen functional groups attached to an aromatic ring is 1. The van der Waals surface area contributed by atoms with Crippen LogP contribution in [-0.2, 0) is 0 Å². The Morgan fingerprint density at radius 2 is 1.60 bits per heavy atom. The van der Waals surface area contributed by atoms with Crippen molar-refractivity contribution in [3.05, 3.63) is 57.6 Å². The summed E-state index contributed by atoms with van der Waals surface area (Å²) in [5.41, 5.74) is 6.83. The lowest BCUT2D eigenvalue weighted by atomic mass is 10.1. The van der Waals surface area contributed by atoms with Crippen molar-refractivity contribution in [2.24, 2.45) is 5.84 Å². The van der Waals surface area contributed by atoms with Crippen molar-refractivity contribution in [2.45, 2.75) is 13.8 Å². The maximum Gasteiger partial charge on any atom is 0.255 e. The molecule has 20 heavy (non-hydrogen) atoms. The highest BCUT2D eigenvalue weighted by Gasteiger charge is 2.08. The molecule has 2 aromatic rings. The number of amides is 1. The number of carbonyl (C=O) groups is 1. The van der Waals surface area contributed by atoms with Crippen molar-refractivity contribution in [3.8, 4) is 0 Å². The third-order valence-corrected chi connectivity index (χ3v) is 4.26. The molecular formula is C15H16BrN3O. The van der Waals surface area contributed by atoms with Crippen LogP contribution in [-0.4, -0.2) is 5.91 Å². The van der Waals surface area contributed by atoms with Crippen molar-refractivity contribution < 1.29 is 4.79 Å². The van der Waals surface area contributed by atoms with Gasteiger partial charge in [0.15, 0.2) is 0 Å². The fourth-order valence-corrected chi connectivity index (χ4v) is 2.17. The van der Waals surface area contributed by atoms with E-state index in [-0.39, 0.29) is 5.91 Å². The fourth-order valence-electron chi connectivity index (χ4n) is 1.94. The van der Waals surface area contributed by atoms with E-state index in [1.807, 2.05) is 26.0 Å². The standard InChI is InChI=1S/C15H16BrN3O/c1-9-7-13(8-10(2)14(9)16)18-15(20)11-3-5-12(19-17)6-4-11/h3-8,19H,17H2,1-2H3,(H,18,20). The predicted octanol–water partition coefficient (Wildman–Crippen LogP) is 3.60. The molecule has 4 N–H and O–H groups in total. The van der Waals surface area contributed by atoms with Crippen LogP contribution in [0, 0.1) is 13.8 Å². The van der Waals surface area contributed by atoms with Crippen molar-refractivity contribution in [3.63, 3.8) is 0 Å². The molecule has 0 spiro atoms. The molecule has 2 aromatic carbocycles. The van der Waals surface area contributed by atoms with Gasteiger partial charge in [0, 0.05) is 21.4 Å². The van der Waals surface area contributed by atoms with E-state index in [1.54, 1.807) is 24.3 Å². The first kappa shape index (κ1) is 14.6. The Kier molecular flexibility index (Phi) is 4.42. The molecule has 0 aliphatic carbocycles. The van der Waals surface area contributed by atoms with Crippen LogP contribution in [0.5, 0.6) is 0 Å². The van der Waals surface area contributed by atoms with E-state index in [9.17, 15) is 4.79 Å². The molecule has 0 unspecified atom stereocenters. The maximum atomic E-state index is 12.1. The number of anilines is 2. The van der Waals surface area contributed by atoms with Gasteiger partial charge in [-0.05, 0) is 61.4 Å². The Morgan fingerprint density at radius 1 is 1.05 bits per heavy atom. The Balaban J connectivity index is 2.18. The van der Waals surface area contributed by atoms with Gasteiger partial charge in [0.25, 0.3) is 5.91 Å². The average Bonchev–Trinajstić information content (AvgIpc) is 2.44. The first-order chi connectivity index (χ1) is 9.51. The van der Waals surface area contributed by atoms with Crippen LogP contribution < -0.4 is 16.6 Å². The van der Waals surface area contributed by atoms with Crippen LogP contribution in [0.1, 0.15) is 21.5 Å². The molecule has 0 fully saturated rings. The molecule has 0 radical (unpaired) electrons. The molecule has 0 bridgehead atoms. The molecule has 1 amide bonds. The van der Waals surface area contributed by atoms with Gasteiger partial charge < -0.3 is 10.7 Å². The second-order valence-electron chi connectivity index (χ2n) is 4.60. The lowest BCUT2D eigenvalue weighted by molar-refractivity contribution is 0.102. The van der Waals surface area contributed by atoms with Gasteiger partial charge in [-0.15, -0.1) is 0 Å². The van der Waals surface area contributed by atoms with Crippen molar-refractivity contribution in [1.29, 1.82) is 0 Å². The molecule has 0 aromatic heterocycles. The number of nitrogens with one attached hydrogen (secondary N) is 2. The zero-order valence-corrected chi connectivity index (χ0v) is 12.9. The van der Waals surface area contributed by atoms with Gasteiger partial charge in [0.2, 0.25) is 0 Å². The van der Waals surface area contributed by atoms with Crippen LogP contribution in [0.4, 0.5) is 11.4 Å². The van der Waals surface area contributed by atoms with E-state index < -0.39 is 0 Å². The van der Waals surface area contributed by atoms with Crippen molar-refractivity contribution >= 4 is 33.2 Å². The average molecular weight is 334 g/mol. The number of carbonyl (C=O) groups excluding carboxylic acids is 1. The molecule has 0 aliphatic rings. The zero-order chi connectivity index (χ0) is 14.7. The second-order valence-corrected chi connectivity index (χ2v) is 5.39. The summed E-state index contributed by atoms with van der Waals surface area (Å²) in [5, 5.41) is 2.89. The molecule has 2 rings (SSSR count). The van der Waals surface area contributed by atoms with Crippen LogP contribution >= 0.6 is 15.9 Å². The summed E-state index contributed by atoms with van der Waals surface area (Å²) < 4.78 is 1.06. The van der Waals surface area contributed by atoms with E-state index >= 15 is 0 Å². The quantitative estimate of drug-likeness (QED) is 0.593. The number of hydrogen-bond acceptors (Lipinski definition) is 3. The first-order valence-corrected chi connectivity index (χ1v) is 6.95. The summed E-state index contributed by atoms with van der Waals surface area (Å²) in [7, 11) is 0. The Hall–Kier alpha value is -1.85. The second kappa shape index (κ2) is 6.07. The summed E-state index contributed by atoms with van der Waals surface area (Å²) >= 11 is 3.51. The lowest BCUT2D eigenvalue weighted by Gasteiger charge is -2.10. The smallest absolute Gasteiger partial charge is 0.255 e. The molecule has 104 valence electrons.